The Hall–Kier alpha value is -2.83. The molecular weight excluding hydrogens is 458 g/mol. The molecule has 0 saturated heterocycles. The average Bonchev–Trinajstić information content (AvgIpc) is 2.63. The maximum absolute atomic E-state index is 12.9. The first-order chi connectivity index (χ1) is 13.9. The third kappa shape index (κ3) is 5.01. The normalized spacial score (nSPS) is 11.5. The summed E-state index contributed by atoms with van der Waals surface area (Å²) >= 11 is 5.88. The van der Waals surface area contributed by atoms with Crippen LogP contribution in [0.4, 0.5) is 15.3 Å². The van der Waals surface area contributed by atoms with E-state index in [2.05, 4.69) is 4.74 Å². The second-order valence-electron chi connectivity index (χ2n) is 5.94. The van der Waals surface area contributed by atoms with Crippen LogP contribution in [-0.4, -0.2) is 36.1 Å². The molecule has 2 aromatic carbocycles. The van der Waals surface area contributed by atoms with Crippen LogP contribution in [0.3, 0.4) is 0 Å². The molecule has 2 rings (SSSR count). The smallest absolute Gasteiger partial charge is 0.422 e. The Labute approximate surface area is 179 Å². The Bertz CT molecular complexity index is 1180. The molecule has 10 nitrogen and oxygen atoms in total. The van der Waals surface area contributed by atoms with E-state index in [0.29, 0.717) is 11.1 Å². The summed E-state index contributed by atoms with van der Waals surface area (Å²) in [4.78, 5) is 24.0. The number of nitrogens with one attached hydrogen (secondary N) is 2. The van der Waals surface area contributed by atoms with Crippen molar-refractivity contribution in [2.45, 2.75) is 18.7 Å². The molecular formula is C17H18ClN3O7S2. The number of rotatable bonds is 5. The molecule has 0 radical (unpaired) electrons. The minimum absolute atomic E-state index is 0.138. The Kier molecular flexibility index (Phi) is 6.95. The minimum atomic E-state index is -4.90. The number of nitrogens with zero attached hydrogens (tertiary/aromatic N) is 1. The van der Waals surface area contributed by atoms with Gasteiger partial charge in [-0.25, -0.2) is 27.5 Å². The van der Waals surface area contributed by atoms with Gasteiger partial charge in [-0.1, -0.05) is 41.9 Å². The van der Waals surface area contributed by atoms with Crippen molar-refractivity contribution < 1.29 is 31.2 Å². The highest BCUT2D eigenvalue weighted by Gasteiger charge is 2.36. The van der Waals surface area contributed by atoms with Crippen molar-refractivity contribution in [3.63, 3.8) is 0 Å². The van der Waals surface area contributed by atoms with E-state index in [9.17, 15) is 26.4 Å². The fraction of sp³-hybridized carbons (Fsp3) is 0.176. The largest absolute Gasteiger partial charge is 0.452 e. The van der Waals surface area contributed by atoms with Crippen LogP contribution in [0.25, 0.3) is 0 Å². The fourth-order valence-electron chi connectivity index (χ4n) is 2.52. The van der Waals surface area contributed by atoms with Crippen LogP contribution in [0, 0.1) is 13.8 Å². The molecule has 0 fully saturated rings. The van der Waals surface area contributed by atoms with E-state index in [0.717, 1.165) is 13.2 Å². The monoisotopic (exact) mass is 475 g/mol. The SMILES string of the molecule is COC(=O)NS(=O)(=O)N(C(=O)NS(=O)(=O)c1ccccc1Cl)c1c(C)cccc1C. The van der Waals surface area contributed by atoms with E-state index in [1.54, 1.807) is 10.8 Å². The van der Waals surface area contributed by atoms with Crippen molar-refractivity contribution in [2.75, 3.05) is 11.4 Å². The van der Waals surface area contributed by atoms with E-state index >= 15 is 0 Å². The van der Waals surface area contributed by atoms with Crippen molar-refractivity contribution in [3.8, 4) is 0 Å². The number of carbonyl (C=O) groups is 2. The second kappa shape index (κ2) is 8.90. The van der Waals surface area contributed by atoms with Gasteiger partial charge in [-0.15, -0.1) is 0 Å². The fourth-order valence-corrected chi connectivity index (χ4v) is 5.21. The highest BCUT2D eigenvalue weighted by atomic mass is 35.5. The van der Waals surface area contributed by atoms with Gasteiger partial charge in [0.15, 0.2) is 0 Å². The predicted molar refractivity (Wildman–Crippen MR) is 110 cm³/mol. The number of carbonyl (C=O) groups excluding carboxylic acids is 2. The van der Waals surface area contributed by atoms with E-state index < -0.39 is 37.3 Å². The molecule has 0 saturated carbocycles. The first-order valence-corrected chi connectivity index (χ1v) is 11.5. The molecule has 2 aromatic rings. The highest BCUT2D eigenvalue weighted by molar-refractivity contribution is 7.93. The lowest BCUT2D eigenvalue weighted by Crippen LogP contribution is -2.52. The molecule has 0 aromatic heterocycles. The Morgan fingerprint density at radius 1 is 0.933 bits per heavy atom. The van der Waals surface area contributed by atoms with Crippen LogP contribution >= 0.6 is 11.6 Å². The number of aryl methyl sites for hydroxylation is 2. The number of anilines is 1. The maximum atomic E-state index is 12.9. The number of urea groups is 1. The summed E-state index contributed by atoms with van der Waals surface area (Å²) in [5, 5.41) is -0.174. The number of hydrogen-bond acceptors (Lipinski definition) is 7. The van der Waals surface area contributed by atoms with Gasteiger partial charge in [0.25, 0.3) is 10.0 Å². The number of amides is 3. The quantitative estimate of drug-likeness (QED) is 0.677. The molecule has 0 aliphatic carbocycles. The molecule has 3 amide bonds. The molecule has 0 unspecified atom stereocenters. The molecule has 0 spiro atoms. The third-order valence-corrected chi connectivity index (χ3v) is 6.89. The van der Waals surface area contributed by atoms with E-state index in [-0.39, 0.29) is 15.0 Å². The molecule has 0 aliphatic rings. The van der Waals surface area contributed by atoms with Gasteiger partial charge in [0.1, 0.15) is 4.90 Å². The first kappa shape index (κ1) is 23.4. The summed E-state index contributed by atoms with van der Waals surface area (Å²) in [7, 11) is -8.51. The van der Waals surface area contributed by atoms with Crippen molar-refractivity contribution in [1.82, 2.24) is 9.44 Å². The number of methoxy groups -OCH3 is 1. The molecule has 13 heteroatoms. The van der Waals surface area contributed by atoms with Gasteiger partial charge in [0, 0.05) is 0 Å². The van der Waals surface area contributed by atoms with Gasteiger partial charge in [-0.05, 0) is 37.1 Å². The summed E-state index contributed by atoms with van der Waals surface area (Å²) in [6.45, 7) is 3.03. The van der Waals surface area contributed by atoms with Crippen LogP contribution < -0.4 is 13.7 Å². The number of halogens is 1. The van der Waals surface area contributed by atoms with Gasteiger partial charge < -0.3 is 4.74 Å². The van der Waals surface area contributed by atoms with Crippen LogP contribution in [-0.2, 0) is 25.0 Å². The lowest BCUT2D eigenvalue weighted by Gasteiger charge is -2.25. The Morgan fingerprint density at radius 2 is 1.50 bits per heavy atom. The van der Waals surface area contributed by atoms with Crippen LogP contribution in [0.5, 0.6) is 0 Å². The predicted octanol–water partition coefficient (Wildman–Crippen LogP) is 2.46. The van der Waals surface area contributed by atoms with Gasteiger partial charge >= 0.3 is 22.3 Å². The topological polar surface area (TPSA) is 139 Å². The van der Waals surface area contributed by atoms with E-state index in [1.807, 2.05) is 0 Å². The van der Waals surface area contributed by atoms with Crippen LogP contribution in [0.2, 0.25) is 5.02 Å². The number of para-hydroxylation sites is 1. The zero-order chi connectivity index (χ0) is 22.7. The molecule has 30 heavy (non-hydrogen) atoms. The van der Waals surface area contributed by atoms with Gasteiger partial charge in [0.2, 0.25) is 0 Å². The zero-order valence-corrected chi connectivity index (χ0v) is 18.4. The second-order valence-corrected chi connectivity index (χ2v) is 9.52. The first-order valence-electron chi connectivity index (χ1n) is 8.19. The van der Waals surface area contributed by atoms with E-state index in [4.69, 9.17) is 11.6 Å². The molecule has 0 heterocycles. The van der Waals surface area contributed by atoms with Crippen molar-refractivity contribution in [2.24, 2.45) is 0 Å². The summed E-state index contributed by atoms with van der Waals surface area (Å²) in [6, 6.07) is 8.38. The van der Waals surface area contributed by atoms with Crippen LogP contribution in [0.15, 0.2) is 47.4 Å². The van der Waals surface area contributed by atoms with Crippen LogP contribution in [0.1, 0.15) is 11.1 Å². The van der Waals surface area contributed by atoms with Gasteiger partial charge in [-0.2, -0.15) is 12.7 Å². The summed E-state index contributed by atoms with van der Waals surface area (Å²) < 4.78 is 58.4. The number of benzene rings is 2. The molecule has 162 valence electrons. The standard InChI is InChI=1S/C17H18ClN3O7S2/c1-11-7-6-8-12(2)15(11)21(30(26,27)20-17(23)28-3)16(22)19-29(24,25)14-10-5-4-9-13(14)18/h4-10H,1-3H3,(H,19,22)(H,20,23). The Balaban J connectivity index is 2.59. The summed E-state index contributed by atoms with van der Waals surface area (Å²) in [6.07, 6.45) is -1.37. The number of ether oxygens (including phenoxy) is 1. The molecule has 0 aliphatic heterocycles. The van der Waals surface area contributed by atoms with E-state index in [1.165, 1.54) is 48.9 Å². The molecule has 2 N–H and O–H groups in total. The zero-order valence-electron chi connectivity index (χ0n) is 16.0. The Morgan fingerprint density at radius 3 is 2.03 bits per heavy atom. The lowest BCUT2D eigenvalue weighted by atomic mass is 10.1. The maximum Gasteiger partial charge on any atom is 0.422 e. The summed E-state index contributed by atoms with van der Waals surface area (Å²) in [5.74, 6) is 0. The number of sulfonamides is 1. The van der Waals surface area contributed by atoms with Gasteiger partial charge in [0.05, 0.1) is 17.8 Å². The number of hydrogen-bond donors (Lipinski definition) is 2. The average molecular weight is 476 g/mol. The van der Waals surface area contributed by atoms with Crippen molar-refractivity contribution in [3.05, 3.63) is 58.6 Å². The lowest BCUT2D eigenvalue weighted by molar-refractivity contribution is 0.177. The minimum Gasteiger partial charge on any atom is -0.452 e. The summed E-state index contributed by atoms with van der Waals surface area (Å²) in [5.41, 5.74) is 0.520. The van der Waals surface area contributed by atoms with Crippen molar-refractivity contribution in [1.29, 1.82) is 0 Å². The molecule has 0 atom stereocenters. The van der Waals surface area contributed by atoms with Gasteiger partial charge in [-0.3, -0.25) is 0 Å². The third-order valence-electron chi connectivity index (χ3n) is 3.81. The molecule has 0 bridgehead atoms. The van der Waals surface area contributed by atoms with Crippen molar-refractivity contribution >= 4 is 49.6 Å². The highest BCUT2D eigenvalue weighted by Crippen LogP contribution is 2.28.